The topological polar surface area (TPSA) is 103 Å². The van der Waals surface area contributed by atoms with Gasteiger partial charge in [0, 0.05) is 30.5 Å². The highest BCUT2D eigenvalue weighted by molar-refractivity contribution is 6.44. The Morgan fingerprint density at radius 2 is 1.66 bits per heavy atom. The van der Waals surface area contributed by atoms with Gasteiger partial charge in [-0.25, -0.2) is 0 Å². The molecule has 0 bridgehead atoms. The molecule has 2 atom stereocenters. The van der Waals surface area contributed by atoms with Crippen LogP contribution in [0.1, 0.15) is 64.1 Å². The van der Waals surface area contributed by atoms with Crippen molar-refractivity contribution in [3.8, 4) is 0 Å². The number of aromatic nitrogens is 1. The van der Waals surface area contributed by atoms with E-state index in [4.69, 9.17) is 69.0 Å². The molecule has 1 aromatic heterocycles. The maximum atomic E-state index is 12.6. The summed E-state index contributed by atoms with van der Waals surface area (Å²) in [4.78, 5) is 5.43. The van der Waals surface area contributed by atoms with Crippen molar-refractivity contribution < 1.29 is 17.9 Å². The average Bonchev–Trinajstić information content (AvgIpc) is 3.37. The van der Waals surface area contributed by atoms with Gasteiger partial charge in [0.25, 0.3) is 0 Å². The summed E-state index contributed by atoms with van der Waals surface area (Å²) < 4.78 is 43.1. The number of allylic oxidation sites excluding steroid dienone is 2. The van der Waals surface area contributed by atoms with E-state index in [1.54, 1.807) is 0 Å². The van der Waals surface area contributed by atoms with E-state index in [2.05, 4.69) is 16.8 Å². The maximum Gasteiger partial charge on any atom is 0.434 e. The Morgan fingerprint density at radius 1 is 1.07 bits per heavy atom. The fourth-order valence-electron chi connectivity index (χ4n) is 5.89. The summed E-state index contributed by atoms with van der Waals surface area (Å²) in [6.45, 7) is 8.13. The molecule has 3 aliphatic rings. The molecule has 15 heteroatoms. The number of halogens is 3. The molecule has 1 aliphatic carbocycles. The lowest BCUT2D eigenvalue weighted by Gasteiger charge is -2.55. The van der Waals surface area contributed by atoms with Crippen molar-refractivity contribution in [3.63, 3.8) is 0 Å². The lowest BCUT2D eigenvalue weighted by Crippen LogP contribution is -2.63. The van der Waals surface area contributed by atoms with E-state index < -0.39 is 28.0 Å². The highest BCUT2D eigenvalue weighted by Crippen LogP contribution is 2.51. The largest absolute Gasteiger partial charge is 0.434 e. The minimum absolute atomic E-state index is 0.0506. The van der Waals surface area contributed by atoms with Crippen LogP contribution in [0.15, 0.2) is 36.3 Å². The molecule has 3 heterocycles. The van der Waals surface area contributed by atoms with Gasteiger partial charge in [-0.05, 0) is 78.0 Å². The van der Waals surface area contributed by atoms with Crippen LogP contribution in [0.2, 0.25) is 0 Å². The molecule has 3 fully saturated rings. The number of nitrogens with two attached hydrogens (primary N) is 3. The number of hydrogen-bond donors (Lipinski definition) is 3. The van der Waals surface area contributed by atoms with Crippen LogP contribution in [0.4, 0.5) is 13.2 Å². The first-order valence-electron chi connectivity index (χ1n) is 13.7. The summed E-state index contributed by atoms with van der Waals surface area (Å²) in [5, 5.41) is -3.85. The van der Waals surface area contributed by atoms with Crippen molar-refractivity contribution in [1.82, 2.24) is 9.88 Å². The van der Waals surface area contributed by atoms with Crippen molar-refractivity contribution in [2.75, 3.05) is 13.1 Å². The predicted octanol–water partition coefficient (Wildman–Crippen LogP) is 1.69. The van der Waals surface area contributed by atoms with E-state index in [-0.39, 0.29) is 23.0 Å². The molecule has 12 radical (unpaired) electrons. The molecule has 0 amide bonds. The van der Waals surface area contributed by atoms with Crippen LogP contribution >= 0.6 is 0 Å². The molecule has 41 heavy (non-hydrogen) atoms. The minimum atomic E-state index is -4.56. The second-order valence-electron chi connectivity index (χ2n) is 11.3. The first kappa shape index (κ1) is 35.3. The molecular weight excluding hydrogens is 520 g/mol. The van der Waals surface area contributed by atoms with Crippen molar-refractivity contribution in [2.45, 2.75) is 75.2 Å². The normalized spacial score (nSPS) is 26.1. The van der Waals surface area contributed by atoms with Gasteiger partial charge < -0.3 is 26.8 Å². The first-order valence-corrected chi connectivity index (χ1v) is 13.7. The number of ether oxygens (including phenoxy) is 1. The molecule has 6 N–H and O–H groups in total. The van der Waals surface area contributed by atoms with Crippen LogP contribution in [0, 0.1) is 17.3 Å². The van der Waals surface area contributed by atoms with Gasteiger partial charge in [0.15, 0.2) is 5.69 Å². The van der Waals surface area contributed by atoms with Crippen LogP contribution in [0.3, 0.4) is 0 Å². The minimum Gasteiger partial charge on any atom is -0.407 e. The number of likely N-dealkylation sites (tertiary alicyclic amines) is 1. The second-order valence-corrected chi connectivity index (χ2v) is 11.3. The van der Waals surface area contributed by atoms with Gasteiger partial charge in [-0.2, -0.15) is 13.2 Å². The van der Waals surface area contributed by atoms with Gasteiger partial charge in [0.05, 0.1) is 52.9 Å². The third kappa shape index (κ3) is 9.06. The van der Waals surface area contributed by atoms with E-state index >= 15 is 0 Å². The van der Waals surface area contributed by atoms with Gasteiger partial charge in [-0.1, -0.05) is 32.5 Å². The molecule has 1 saturated carbocycles. The highest BCUT2D eigenvalue weighted by atomic mass is 19.4. The summed E-state index contributed by atoms with van der Waals surface area (Å²) in [6, 6.07) is 2.59. The fourth-order valence-corrected chi connectivity index (χ4v) is 5.89. The highest BCUT2D eigenvalue weighted by Gasteiger charge is 2.52. The smallest absolute Gasteiger partial charge is 0.407 e. The fraction of sp³-hybridized carbons (Fsp3) is 0.654. The summed E-state index contributed by atoms with van der Waals surface area (Å²) in [6.07, 6.45) is 3.31. The van der Waals surface area contributed by atoms with Crippen LogP contribution in [-0.4, -0.2) is 86.2 Å². The van der Waals surface area contributed by atoms with Gasteiger partial charge in [0.2, 0.25) is 0 Å². The third-order valence-electron chi connectivity index (χ3n) is 7.83. The Kier molecular flexibility index (Phi) is 11.4. The molecule has 0 spiro atoms. The van der Waals surface area contributed by atoms with E-state index in [1.165, 1.54) is 43.5 Å². The molecular formula is C26H36B6F3N5O. The summed E-state index contributed by atoms with van der Waals surface area (Å²) in [7, 11) is 36.7. The number of rotatable bonds is 4. The first-order chi connectivity index (χ1) is 18.8. The van der Waals surface area contributed by atoms with E-state index in [9.17, 15) is 13.2 Å². The van der Waals surface area contributed by atoms with Crippen molar-refractivity contribution >= 4 is 52.8 Å². The Balaban J connectivity index is 0.000000280. The molecule has 1 unspecified atom stereocenters. The Hall–Kier alpha value is -1.87. The van der Waals surface area contributed by atoms with Crippen LogP contribution in [0.5, 0.6) is 0 Å². The SMILES string of the molecule is CC.NC(N)=C/C=C(\N)c1cccnc1C(F)(F)F.[B]C1([B])CC(C([B])([B])N2CC3CCC[C@]3(C)C2)CC([B])([B])O1. The summed E-state index contributed by atoms with van der Waals surface area (Å²) in [5.74, 6) is 0.374. The molecule has 6 nitrogen and oxygen atoms in total. The Morgan fingerprint density at radius 3 is 2.17 bits per heavy atom. The number of hydrogen-bond acceptors (Lipinski definition) is 6. The predicted molar refractivity (Wildman–Crippen MR) is 163 cm³/mol. The standard InChI is InChI=1S/C14H19B6NO.C10H11F3N4.C2H6/c1-11-4-2-3-9(11)7-21(8-11)14(19,20)10-5-12(15,16)22-13(17,18)6-10;11-10(12,13)9-6(2-1-5-17-9)7(14)3-4-8(15)16;1-2/h9-10H,2-8H2,1H3;1-5H,14-16H2;1-2H3/b;7-3-;/t9?,11-;;/m1../s1. The van der Waals surface area contributed by atoms with Crippen LogP contribution < -0.4 is 17.2 Å². The number of alkyl halides is 3. The maximum absolute atomic E-state index is 12.6. The molecule has 2 aliphatic heterocycles. The monoisotopic (exact) mass is 557 g/mol. The molecule has 1 aromatic rings. The van der Waals surface area contributed by atoms with E-state index in [1.807, 2.05) is 13.8 Å². The zero-order chi connectivity index (χ0) is 31.4. The van der Waals surface area contributed by atoms with Crippen LogP contribution in [-0.2, 0) is 10.9 Å². The van der Waals surface area contributed by atoms with Crippen molar-refractivity contribution in [2.24, 2.45) is 34.5 Å². The van der Waals surface area contributed by atoms with Gasteiger partial charge in [-0.3, -0.25) is 4.98 Å². The van der Waals surface area contributed by atoms with E-state index in [0.29, 0.717) is 24.2 Å². The second kappa shape index (κ2) is 13.2. The Bertz CT molecular complexity index is 1080. The third-order valence-corrected chi connectivity index (χ3v) is 7.83. The van der Waals surface area contributed by atoms with E-state index in [0.717, 1.165) is 19.3 Å². The molecule has 4 rings (SSSR count). The number of nitrogens with zero attached hydrogens (tertiary/aromatic N) is 2. The van der Waals surface area contributed by atoms with Gasteiger partial charge >= 0.3 is 6.18 Å². The lowest BCUT2D eigenvalue weighted by molar-refractivity contribution is -0.141. The molecule has 2 saturated heterocycles. The zero-order valence-corrected chi connectivity index (χ0v) is 24.1. The van der Waals surface area contributed by atoms with Gasteiger partial charge in [0.1, 0.15) is 0 Å². The average molecular weight is 556 g/mol. The number of fused-ring (bicyclic) bond motifs is 1. The van der Waals surface area contributed by atoms with Crippen molar-refractivity contribution in [1.29, 1.82) is 0 Å². The Labute approximate surface area is 250 Å². The lowest BCUT2D eigenvalue weighted by atomic mass is 9.43. The van der Waals surface area contributed by atoms with Crippen LogP contribution in [0.25, 0.3) is 5.70 Å². The molecule has 0 aromatic carbocycles. The van der Waals surface area contributed by atoms with Gasteiger partial charge in [-0.15, -0.1) is 0 Å². The summed E-state index contributed by atoms with van der Waals surface area (Å²) in [5.41, 5.74) is 14.7. The molecule has 210 valence electrons. The number of pyridine rings is 1. The zero-order valence-electron chi connectivity index (χ0n) is 24.1. The summed E-state index contributed by atoms with van der Waals surface area (Å²) >= 11 is 0. The van der Waals surface area contributed by atoms with Crippen molar-refractivity contribution in [3.05, 3.63) is 47.6 Å². The quantitative estimate of drug-likeness (QED) is 0.386.